The molecule has 0 radical (unpaired) electrons. The monoisotopic (exact) mass is 573 g/mol. The fourth-order valence-corrected chi connectivity index (χ4v) is 4.68. The van der Waals surface area contributed by atoms with E-state index in [1.54, 1.807) is 12.1 Å². The van der Waals surface area contributed by atoms with Gasteiger partial charge in [-0.15, -0.1) is 13.2 Å². The number of nitrogens with zero attached hydrogens (tertiary/aromatic N) is 2. The topological polar surface area (TPSA) is 129 Å². The highest BCUT2D eigenvalue weighted by atomic mass is 19.1. The van der Waals surface area contributed by atoms with Crippen molar-refractivity contribution in [3.8, 4) is 5.75 Å². The molecule has 2 heterocycles. The van der Waals surface area contributed by atoms with Crippen molar-refractivity contribution in [1.82, 2.24) is 15.1 Å². The maximum atomic E-state index is 14.9. The van der Waals surface area contributed by atoms with Gasteiger partial charge in [0, 0.05) is 38.7 Å². The highest BCUT2D eigenvalue weighted by molar-refractivity contribution is 6.02. The van der Waals surface area contributed by atoms with Crippen molar-refractivity contribution in [2.24, 2.45) is 0 Å². The number of ether oxygens (including phenoxy) is 2. The minimum atomic E-state index is -2.89. The Morgan fingerprint density at radius 2 is 1.90 bits per heavy atom. The van der Waals surface area contributed by atoms with Crippen LogP contribution in [0.2, 0.25) is 0 Å². The molecule has 2 amide bonds. The van der Waals surface area contributed by atoms with E-state index in [2.05, 4.69) is 23.4 Å². The predicted octanol–water partition coefficient (Wildman–Crippen LogP) is 2.71. The van der Waals surface area contributed by atoms with Gasteiger partial charge in [-0.2, -0.15) is 0 Å². The molecule has 224 valence electrons. The van der Waals surface area contributed by atoms with E-state index < -0.39 is 29.6 Å². The molecule has 2 aliphatic rings. The molecule has 10 nitrogen and oxygen atoms in total. The summed E-state index contributed by atoms with van der Waals surface area (Å²) in [6, 6.07) is 7.86. The molecule has 4 rings (SSSR count). The van der Waals surface area contributed by atoms with Crippen LogP contribution in [0.15, 0.2) is 49.6 Å². The molecule has 0 spiro atoms. The van der Waals surface area contributed by atoms with E-state index in [0.717, 1.165) is 18.7 Å². The van der Waals surface area contributed by atoms with Crippen molar-refractivity contribution >= 4 is 18.1 Å². The van der Waals surface area contributed by atoms with Gasteiger partial charge in [0.1, 0.15) is 30.5 Å². The van der Waals surface area contributed by atoms with Gasteiger partial charge in [-0.05, 0) is 30.2 Å². The Morgan fingerprint density at radius 3 is 2.51 bits per heavy atom. The van der Waals surface area contributed by atoms with E-state index >= 15 is 0 Å². The van der Waals surface area contributed by atoms with Crippen LogP contribution < -0.4 is 10.1 Å². The van der Waals surface area contributed by atoms with Crippen LogP contribution in [-0.4, -0.2) is 77.5 Å². The van der Waals surface area contributed by atoms with Gasteiger partial charge in [0.05, 0.1) is 24.3 Å². The zero-order valence-electron chi connectivity index (χ0n) is 23.9. The summed E-state index contributed by atoms with van der Waals surface area (Å²) in [5.41, 5.74) is 0.749. The summed E-state index contributed by atoms with van der Waals surface area (Å²) in [5, 5.41) is 24.5. The van der Waals surface area contributed by atoms with Crippen LogP contribution in [0.3, 0.4) is 0 Å². The van der Waals surface area contributed by atoms with Crippen LogP contribution in [0.1, 0.15) is 53.7 Å². The number of hydrogen-bond donors (Lipinski definition) is 3. The second kappa shape index (κ2) is 16.0. The molecular weight excluding hydrogens is 533 g/mol. The Balaban J connectivity index is 0.00000141. The zero-order valence-corrected chi connectivity index (χ0v) is 23.9. The fourth-order valence-electron chi connectivity index (χ4n) is 4.68. The first-order chi connectivity index (χ1) is 19.8. The summed E-state index contributed by atoms with van der Waals surface area (Å²) < 4.78 is 26.0. The normalized spacial score (nSPS) is 16.3. The molecule has 2 aliphatic heterocycles. The number of morpholine rings is 1. The molecule has 3 N–H and O–H groups in total. The summed E-state index contributed by atoms with van der Waals surface area (Å²) in [7, 11) is 1.34. The summed E-state index contributed by atoms with van der Waals surface area (Å²) in [6.07, 6.45) is 0.401. The van der Waals surface area contributed by atoms with E-state index in [0.29, 0.717) is 30.9 Å². The first kappa shape index (κ1) is 33.6. The molecule has 41 heavy (non-hydrogen) atoms. The molecule has 1 unspecified atom stereocenters. The average Bonchev–Trinajstić information content (AvgIpc) is 3.20. The number of amides is 2. The Labute approximate surface area is 240 Å². The number of nitrogens with one attached hydrogen (secondary N) is 1. The summed E-state index contributed by atoms with van der Waals surface area (Å²) in [6.45, 7) is 13.2. The minimum Gasteiger partial charge on any atom is -0.488 e. The van der Waals surface area contributed by atoms with Gasteiger partial charge in [-0.1, -0.05) is 32.0 Å². The van der Waals surface area contributed by atoms with Gasteiger partial charge in [-0.25, -0.2) is 4.39 Å². The standard InChI is InChI=1S/C26H30FN3O7.C2H6.C2H4/c1-28-24(32)21(5-3-11-31)30-25(33)19-4-2-6-22(23(19)26(30,34)35)37-16-18-8-7-17(14-20(18)27)15-29-9-12-36-13-10-29;2*1-2/h2,4,6-8,11,14,21,34-35H,3,5,9-10,12-13,15-16H2,1H3,(H,28,32);1-2H3;1-2H2. The maximum Gasteiger partial charge on any atom is 0.282 e. The molecule has 2 aromatic carbocycles. The van der Waals surface area contributed by atoms with Gasteiger partial charge in [-0.3, -0.25) is 19.4 Å². The lowest BCUT2D eigenvalue weighted by atomic mass is 10.1. The largest absolute Gasteiger partial charge is 0.488 e. The van der Waals surface area contributed by atoms with Crippen LogP contribution in [0, 0.1) is 5.82 Å². The number of halogens is 1. The third-order valence-corrected chi connectivity index (χ3v) is 6.58. The minimum absolute atomic E-state index is 0.0406. The Kier molecular flexibility index (Phi) is 13.1. The van der Waals surface area contributed by atoms with E-state index in [1.165, 1.54) is 31.3 Å². The van der Waals surface area contributed by atoms with Crippen molar-refractivity contribution in [2.75, 3.05) is 33.4 Å². The summed E-state index contributed by atoms with van der Waals surface area (Å²) in [5.74, 6) is -4.85. The Morgan fingerprint density at radius 1 is 1.22 bits per heavy atom. The molecule has 1 atom stereocenters. The number of benzene rings is 2. The smallest absolute Gasteiger partial charge is 0.282 e. The molecule has 0 saturated carbocycles. The predicted molar refractivity (Wildman–Crippen MR) is 151 cm³/mol. The van der Waals surface area contributed by atoms with Gasteiger partial charge in [0.25, 0.3) is 11.8 Å². The number of aliphatic hydroxyl groups is 2. The molecule has 11 heteroatoms. The maximum absolute atomic E-state index is 14.9. The highest BCUT2D eigenvalue weighted by Gasteiger charge is 2.54. The van der Waals surface area contributed by atoms with Gasteiger partial charge in [0.15, 0.2) is 0 Å². The van der Waals surface area contributed by atoms with Gasteiger partial charge < -0.3 is 29.8 Å². The number of likely N-dealkylation sites (N-methyl/N-ethyl adjacent to an activating group) is 1. The lowest BCUT2D eigenvalue weighted by Crippen LogP contribution is -2.55. The van der Waals surface area contributed by atoms with Crippen LogP contribution in [-0.2, 0) is 33.4 Å². The quantitative estimate of drug-likeness (QED) is 0.225. The number of fused-ring (bicyclic) bond motifs is 1. The average molecular weight is 574 g/mol. The summed E-state index contributed by atoms with van der Waals surface area (Å²) >= 11 is 0. The molecular formula is C30H40FN3O7. The molecule has 1 saturated heterocycles. The van der Waals surface area contributed by atoms with E-state index in [9.17, 15) is 29.0 Å². The number of carbonyl (C=O) groups excluding carboxylic acids is 3. The summed E-state index contributed by atoms with van der Waals surface area (Å²) in [4.78, 5) is 39.3. The Bertz CT molecular complexity index is 1180. The second-order valence-electron chi connectivity index (χ2n) is 8.97. The van der Waals surface area contributed by atoms with Crippen molar-refractivity contribution in [3.63, 3.8) is 0 Å². The van der Waals surface area contributed by atoms with Crippen molar-refractivity contribution < 1.29 is 38.5 Å². The number of rotatable bonds is 10. The van der Waals surface area contributed by atoms with Crippen LogP contribution in [0.5, 0.6) is 5.75 Å². The SMILES string of the molecule is C=C.CC.CNC(=O)C(CCC=O)N1C(=O)c2cccc(OCc3ccc(CN4CCOCC4)cc3F)c2C1(O)O. The van der Waals surface area contributed by atoms with Crippen molar-refractivity contribution in [2.45, 2.75) is 51.8 Å². The van der Waals surface area contributed by atoms with Gasteiger partial charge in [0.2, 0.25) is 5.91 Å². The highest BCUT2D eigenvalue weighted by Crippen LogP contribution is 2.43. The first-order valence-electron chi connectivity index (χ1n) is 13.5. The molecule has 2 aromatic rings. The molecule has 0 aliphatic carbocycles. The first-order valence-corrected chi connectivity index (χ1v) is 13.5. The van der Waals surface area contributed by atoms with Crippen molar-refractivity contribution in [1.29, 1.82) is 0 Å². The van der Waals surface area contributed by atoms with Gasteiger partial charge >= 0.3 is 0 Å². The zero-order chi connectivity index (χ0) is 30.6. The van der Waals surface area contributed by atoms with Crippen LogP contribution >= 0.6 is 0 Å². The van der Waals surface area contributed by atoms with Crippen LogP contribution in [0.4, 0.5) is 4.39 Å². The second-order valence-corrected chi connectivity index (χ2v) is 8.97. The van der Waals surface area contributed by atoms with E-state index in [4.69, 9.17) is 9.47 Å². The fraction of sp³-hybridized carbons (Fsp3) is 0.433. The van der Waals surface area contributed by atoms with Crippen molar-refractivity contribution in [3.05, 3.63) is 77.6 Å². The number of hydrogen-bond acceptors (Lipinski definition) is 8. The number of aldehydes is 1. The third kappa shape index (κ3) is 7.76. The third-order valence-electron chi connectivity index (χ3n) is 6.58. The van der Waals surface area contributed by atoms with Crippen LogP contribution in [0.25, 0.3) is 0 Å². The molecule has 0 aromatic heterocycles. The van der Waals surface area contributed by atoms with E-state index in [-0.39, 0.29) is 41.9 Å². The van der Waals surface area contributed by atoms with E-state index in [1.807, 2.05) is 13.8 Å². The lowest BCUT2D eigenvalue weighted by molar-refractivity contribution is -0.259. The molecule has 0 bridgehead atoms. The lowest BCUT2D eigenvalue weighted by Gasteiger charge is -2.34. The Hall–Kier alpha value is -3.64. The molecule has 1 fully saturated rings. The number of carbonyl (C=O) groups is 3.